The molecule has 0 atom stereocenters. The van der Waals surface area contributed by atoms with Crippen LogP contribution in [0.4, 0.5) is 8.78 Å². The number of benzene rings is 1. The molecule has 9 heteroatoms. The number of nitrogens with zero attached hydrogens (tertiary/aromatic N) is 5. The van der Waals surface area contributed by atoms with Crippen LogP contribution in [0.5, 0.6) is 0 Å². The molecule has 0 saturated carbocycles. The Hall–Kier alpha value is -3.49. The fourth-order valence-electron chi connectivity index (χ4n) is 2.34. The van der Waals surface area contributed by atoms with Crippen molar-refractivity contribution in [3.05, 3.63) is 70.9 Å². The summed E-state index contributed by atoms with van der Waals surface area (Å²) in [5.74, 6) is -1.74. The Morgan fingerprint density at radius 3 is 2.88 bits per heavy atom. The molecule has 1 aromatic carbocycles. The maximum Gasteiger partial charge on any atom is 0.261 e. The Labute approximate surface area is 138 Å². The lowest BCUT2D eigenvalue weighted by atomic mass is 10.2. The highest BCUT2D eigenvalue weighted by Crippen LogP contribution is 2.18. The quantitative estimate of drug-likeness (QED) is 0.568. The second-order valence-electron chi connectivity index (χ2n) is 5.21. The molecule has 0 fully saturated rings. The van der Waals surface area contributed by atoms with Gasteiger partial charge in [0.25, 0.3) is 5.56 Å². The molecule has 0 saturated heterocycles. The van der Waals surface area contributed by atoms with E-state index in [1.54, 1.807) is 6.07 Å². The third-order valence-corrected chi connectivity index (χ3v) is 3.58. The molecule has 0 spiro atoms. The summed E-state index contributed by atoms with van der Waals surface area (Å²) in [7, 11) is 0. The van der Waals surface area contributed by atoms with Crippen molar-refractivity contribution in [1.82, 2.24) is 24.7 Å². The standard InChI is InChI=1S/C16H9F2N5O2/c17-11-2-1-9(5-12(11)18)15-21-14(25-22-15)7-23-8-20-13-6-19-4-3-10(13)16(23)24/h1-6,8H,7H2. The average molecular weight is 341 g/mol. The normalized spacial score (nSPS) is 11.1. The highest BCUT2D eigenvalue weighted by molar-refractivity contribution is 5.75. The van der Waals surface area contributed by atoms with Crippen molar-refractivity contribution in [2.45, 2.75) is 6.54 Å². The average Bonchev–Trinajstić information content (AvgIpc) is 3.09. The molecule has 0 aliphatic heterocycles. The number of aromatic nitrogens is 5. The van der Waals surface area contributed by atoms with E-state index >= 15 is 0 Å². The molecule has 3 heterocycles. The first kappa shape index (κ1) is 15.1. The summed E-state index contributed by atoms with van der Waals surface area (Å²) in [4.78, 5) is 24.6. The smallest absolute Gasteiger partial charge is 0.261 e. The van der Waals surface area contributed by atoms with Crippen molar-refractivity contribution >= 4 is 10.9 Å². The Kier molecular flexibility index (Phi) is 3.53. The number of fused-ring (bicyclic) bond motifs is 1. The molecular weight excluding hydrogens is 332 g/mol. The van der Waals surface area contributed by atoms with Gasteiger partial charge in [0, 0.05) is 11.8 Å². The minimum atomic E-state index is -1.01. The SMILES string of the molecule is O=c1c2ccncc2ncn1Cc1nc(-c2ccc(F)c(F)c2)no1. The van der Waals surface area contributed by atoms with Crippen molar-refractivity contribution in [3.8, 4) is 11.4 Å². The topological polar surface area (TPSA) is 86.7 Å². The summed E-state index contributed by atoms with van der Waals surface area (Å²) in [5, 5.41) is 4.14. The molecule has 4 aromatic rings. The zero-order valence-corrected chi connectivity index (χ0v) is 12.6. The minimum Gasteiger partial charge on any atom is -0.337 e. The maximum absolute atomic E-state index is 13.3. The fraction of sp³-hybridized carbons (Fsp3) is 0.0625. The molecule has 124 valence electrons. The molecule has 3 aromatic heterocycles. The van der Waals surface area contributed by atoms with Gasteiger partial charge in [-0.05, 0) is 24.3 Å². The van der Waals surface area contributed by atoms with Gasteiger partial charge in [-0.1, -0.05) is 5.16 Å². The lowest BCUT2D eigenvalue weighted by Crippen LogP contribution is -2.21. The van der Waals surface area contributed by atoms with Crippen LogP contribution in [0.15, 0.2) is 52.3 Å². The summed E-state index contributed by atoms with van der Waals surface area (Å²) in [6, 6.07) is 4.86. The molecule has 0 radical (unpaired) electrons. The minimum absolute atomic E-state index is 0.000767. The van der Waals surface area contributed by atoms with Crippen LogP contribution < -0.4 is 5.56 Å². The first-order valence-electron chi connectivity index (χ1n) is 7.19. The summed E-state index contributed by atoms with van der Waals surface area (Å²) >= 11 is 0. The van der Waals surface area contributed by atoms with Crippen molar-refractivity contribution < 1.29 is 13.3 Å². The second kappa shape index (κ2) is 5.86. The van der Waals surface area contributed by atoms with Gasteiger partial charge < -0.3 is 4.52 Å². The van der Waals surface area contributed by atoms with Gasteiger partial charge in [-0.15, -0.1) is 0 Å². The highest BCUT2D eigenvalue weighted by atomic mass is 19.2. The predicted octanol–water partition coefficient (Wildman–Crippen LogP) is 2.17. The van der Waals surface area contributed by atoms with Crippen LogP contribution in [-0.2, 0) is 6.54 Å². The zero-order valence-electron chi connectivity index (χ0n) is 12.6. The van der Waals surface area contributed by atoms with Crippen molar-refractivity contribution in [2.24, 2.45) is 0 Å². The Bertz CT molecular complexity index is 1140. The predicted molar refractivity (Wildman–Crippen MR) is 82.6 cm³/mol. The number of hydrogen-bond donors (Lipinski definition) is 0. The van der Waals surface area contributed by atoms with E-state index in [-0.39, 0.29) is 29.4 Å². The van der Waals surface area contributed by atoms with E-state index in [1.165, 1.54) is 29.4 Å². The lowest BCUT2D eigenvalue weighted by molar-refractivity contribution is 0.369. The van der Waals surface area contributed by atoms with Crippen LogP contribution in [0, 0.1) is 11.6 Å². The van der Waals surface area contributed by atoms with Gasteiger partial charge in [-0.3, -0.25) is 14.3 Å². The number of halogens is 2. The molecule has 0 N–H and O–H groups in total. The van der Waals surface area contributed by atoms with Gasteiger partial charge in [0.15, 0.2) is 11.6 Å². The van der Waals surface area contributed by atoms with Crippen LogP contribution in [0.25, 0.3) is 22.3 Å². The molecular formula is C16H9F2N5O2. The zero-order chi connectivity index (χ0) is 17.4. The molecule has 0 aliphatic carbocycles. The third kappa shape index (κ3) is 2.75. The van der Waals surface area contributed by atoms with Crippen LogP contribution in [0.3, 0.4) is 0 Å². The molecule has 0 bridgehead atoms. The molecule has 0 aliphatic rings. The van der Waals surface area contributed by atoms with Gasteiger partial charge >= 0.3 is 0 Å². The molecule has 25 heavy (non-hydrogen) atoms. The van der Waals surface area contributed by atoms with E-state index in [4.69, 9.17) is 4.52 Å². The van der Waals surface area contributed by atoms with Gasteiger partial charge in [-0.2, -0.15) is 4.98 Å². The van der Waals surface area contributed by atoms with Gasteiger partial charge in [0.2, 0.25) is 11.7 Å². The molecule has 7 nitrogen and oxygen atoms in total. The monoisotopic (exact) mass is 341 g/mol. The van der Waals surface area contributed by atoms with Crippen molar-refractivity contribution in [3.63, 3.8) is 0 Å². The summed E-state index contributed by atoms with van der Waals surface area (Å²) in [5.41, 5.74) is 0.473. The van der Waals surface area contributed by atoms with E-state index in [9.17, 15) is 13.6 Å². The van der Waals surface area contributed by atoms with E-state index < -0.39 is 11.6 Å². The number of rotatable bonds is 3. The fourth-order valence-corrected chi connectivity index (χ4v) is 2.34. The largest absolute Gasteiger partial charge is 0.337 e. The molecule has 0 unspecified atom stereocenters. The van der Waals surface area contributed by atoms with Gasteiger partial charge in [0.1, 0.15) is 6.54 Å². The first-order valence-corrected chi connectivity index (χ1v) is 7.19. The molecule has 4 rings (SSSR count). The first-order chi connectivity index (χ1) is 12.1. The Morgan fingerprint density at radius 2 is 2.04 bits per heavy atom. The van der Waals surface area contributed by atoms with Gasteiger partial charge in [0.05, 0.1) is 23.4 Å². The summed E-state index contributed by atoms with van der Waals surface area (Å²) in [6.45, 7) is 0.000767. The van der Waals surface area contributed by atoms with E-state index in [2.05, 4.69) is 20.1 Å². The van der Waals surface area contributed by atoms with Crippen LogP contribution in [0.2, 0.25) is 0 Å². The summed E-state index contributed by atoms with van der Waals surface area (Å²) < 4.78 is 32.7. The Balaban J connectivity index is 1.66. The van der Waals surface area contributed by atoms with Crippen LogP contribution in [-0.4, -0.2) is 24.7 Å². The Morgan fingerprint density at radius 1 is 1.16 bits per heavy atom. The number of hydrogen-bond acceptors (Lipinski definition) is 6. The van der Waals surface area contributed by atoms with E-state index in [0.29, 0.717) is 10.9 Å². The highest BCUT2D eigenvalue weighted by Gasteiger charge is 2.13. The van der Waals surface area contributed by atoms with E-state index in [0.717, 1.165) is 12.1 Å². The van der Waals surface area contributed by atoms with Crippen molar-refractivity contribution in [1.29, 1.82) is 0 Å². The van der Waals surface area contributed by atoms with Gasteiger partial charge in [-0.25, -0.2) is 13.8 Å². The van der Waals surface area contributed by atoms with Crippen LogP contribution in [0.1, 0.15) is 5.89 Å². The van der Waals surface area contributed by atoms with Crippen LogP contribution >= 0.6 is 0 Å². The number of pyridine rings is 1. The lowest BCUT2D eigenvalue weighted by Gasteiger charge is -2.02. The van der Waals surface area contributed by atoms with Crippen molar-refractivity contribution in [2.75, 3.05) is 0 Å². The van der Waals surface area contributed by atoms with E-state index in [1.807, 2.05) is 0 Å². The third-order valence-electron chi connectivity index (χ3n) is 3.58. The molecule has 0 amide bonds. The maximum atomic E-state index is 13.3. The second-order valence-corrected chi connectivity index (χ2v) is 5.21. The summed E-state index contributed by atoms with van der Waals surface area (Å²) in [6.07, 6.45) is 4.35.